The van der Waals surface area contributed by atoms with Gasteiger partial charge in [-0.2, -0.15) is 18.4 Å². The molecule has 8 heteroatoms. The summed E-state index contributed by atoms with van der Waals surface area (Å²) < 4.78 is 49.5. The predicted octanol–water partition coefficient (Wildman–Crippen LogP) is 16.2. The Morgan fingerprint density at radius 3 is 1.29 bits per heavy atom. The number of benzene rings is 8. The molecule has 4 aromatic heterocycles. The van der Waals surface area contributed by atoms with Crippen LogP contribution in [0, 0.1) is 18.3 Å². The first-order chi connectivity index (χ1) is 33.7. The van der Waals surface area contributed by atoms with Crippen LogP contribution in [-0.2, 0) is 6.18 Å². The molecule has 0 aliphatic rings. The first-order valence-corrected chi connectivity index (χ1v) is 22.6. The summed E-state index contributed by atoms with van der Waals surface area (Å²) in [5.74, 6) is 0. The Hall–Kier alpha value is -9.06. The van der Waals surface area contributed by atoms with Gasteiger partial charge in [0.2, 0.25) is 0 Å². The third-order valence-electron chi connectivity index (χ3n) is 13.1. The lowest BCUT2D eigenvalue weighted by atomic mass is 9.92. The first kappa shape index (κ1) is 41.4. The van der Waals surface area contributed by atoms with E-state index >= 15 is 13.2 Å². The maximum Gasteiger partial charge on any atom is 0.417 e. The van der Waals surface area contributed by atoms with Crippen molar-refractivity contribution < 1.29 is 13.2 Å². The smallest absolute Gasteiger partial charge is 0.308 e. The molecular weight excluding hydrogens is 860 g/mol. The topological polar surface area (TPSA) is 59.4 Å². The summed E-state index contributed by atoms with van der Waals surface area (Å²) in [4.78, 5) is 10.1. The van der Waals surface area contributed by atoms with Crippen LogP contribution >= 0.6 is 0 Å². The molecule has 12 rings (SSSR count). The van der Waals surface area contributed by atoms with E-state index in [2.05, 4.69) is 18.2 Å². The quantitative estimate of drug-likeness (QED) is 0.160. The fourth-order valence-corrected chi connectivity index (χ4v) is 10.0. The van der Waals surface area contributed by atoms with E-state index in [1.807, 2.05) is 179 Å². The zero-order valence-electron chi connectivity index (χ0n) is 37.1. The number of alkyl halides is 3. The second-order valence-electron chi connectivity index (χ2n) is 17.2. The van der Waals surface area contributed by atoms with Gasteiger partial charge in [-0.15, -0.1) is 0 Å². The molecule has 0 amide bonds. The summed E-state index contributed by atoms with van der Waals surface area (Å²) in [5.41, 5.74) is 11.6. The Morgan fingerprint density at radius 2 is 0.826 bits per heavy atom. The van der Waals surface area contributed by atoms with Crippen molar-refractivity contribution in [3.8, 4) is 73.6 Å². The highest BCUT2D eigenvalue weighted by Gasteiger charge is 2.35. The van der Waals surface area contributed by atoms with Crippen molar-refractivity contribution in [1.82, 2.24) is 19.1 Å². The van der Waals surface area contributed by atoms with Gasteiger partial charge in [-0.25, -0.2) is 9.97 Å². The number of hydrogen-bond donors (Lipinski definition) is 0. The molecule has 328 valence electrons. The molecule has 4 heterocycles. The van der Waals surface area contributed by atoms with Crippen LogP contribution in [0.2, 0.25) is 0 Å². The molecule has 12 aromatic rings. The van der Waals surface area contributed by atoms with Crippen molar-refractivity contribution in [2.45, 2.75) is 13.1 Å². The molecule has 0 saturated heterocycles. The Morgan fingerprint density at radius 1 is 0.406 bits per heavy atom. The molecule has 0 aliphatic heterocycles. The van der Waals surface area contributed by atoms with Crippen LogP contribution in [0.4, 0.5) is 13.2 Å². The van der Waals surface area contributed by atoms with Gasteiger partial charge in [-0.1, -0.05) is 133 Å². The van der Waals surface area contributed by atoms with Gasteiger partial charge in [0.25, 0.3) is 0 Å². The highest BCUT2D eigenvalue weighted by molar-refractivity contribution is 6.12. The maximum atomic E-state index is 15.2. The van der Waals surface area contributed by atoms with Crippen molar-refractivity contribution in [2.24, 2.45) is 0 Å². The van der Waals surface area contributed by atoms with Crippen LogP contribution in [0.1, 0.15) is 16.7 Å². The number of hydrogen-bond acceptors (Lipinski definition) is 3. The molecule has 0 saturated carbocycles. The Kier molecular flexibility index (Phi) is 9.82. The van der Waals surface area contributed by atoms with Crippen LogP contribution < -0.4 is 0 Å². The Bertz CT molecular complexity index is 3810. The van der Waals surface area contributed by atoms with Gasteiger partial charge < -0.3 is 9.13 Å². The summed E-state index contributed by atoms with van der Waals surface area (Å²) >= 11 is 0. The SMILES string of the molecule is Cc1cccc(C(F)(F)F)c1-c1cc(-n2c3ccccc3c3cc(-c4cccc(-c5ccccc5)n4)ccc32)c(C#N)c(-n2c3ccccc3c3cc(-c4cccc(-c5ccccc5)n4)ccc32)c1. The molecule has 69 heavy (non-hydrogen) atoms. The van der Waals surface area contributed by atoms with Crippen LogP contribution in [0.3, 0.4) is 0 Å². The first-order valence-electron chi connectivity index (χ1n) is 22.6. The van der Waals surface area contributed by atoms with Gasteiger partial charge in [0.1, 0.15) is 11.6 Å². The van der Waals surface area contributed by atoms with E-state index in [4.69, 9.17) is 9.97 Å². The number of nitriles is 1. The average molecular weight is 898 g/mol. The largest absolute Gasteiger partial charge is 0.417 e. The fourth-order valence-electron chi connectivity index (χ4n) is 10.0. The van der Waals surface area contributed by atoms with Crippen molar-refractivity contribution in [3.63, 3.8) is 0 Å². The molecule has 5 nitrogen and oxygen atoms in total. The number of fused-ring (bicyclic) bond motifs is 6. The van der Waals surface area contributed by atoms with Gasteiger partial charge >= 0.3 is 6.18 Å². The lowest BCUT2D eigenvalue weighted by Gasteiger charge is -2.21. The monoisotopic (exact) mass is 897 g/mol. The second kappa shape index (κ2) is 16.4. The summed E-state index contributed by atoms with van der Waals surface area (Å²) in [6.45, 7) is 1.70. The number of halogens is 3. The number of aromatic nitrogens is 4. The fraction of sp³-hybridized carbons (Fsp3) is 0.0328. The third kappa shape index (κ3) is 7.02. The molecule has 8 aromatic carbocycles. The summed E-state index contributed by atoms with van der Waals surface area (Å²) in [6.07, 6.45) is -4.65. The molecule has 0 atom stereocenters. The van der Waals surface area contributed by atoms with E-state index in [0.29, 0.717) is 28.1 Å². The van der Waals surface area contributed by atoms with Crippen LogP contribution in [0.5, 0.6) is 0 Å². The minimum absolute atomic E-state index is 0.0526. The minimum Gasteiger partial charge on any atom is -0.308 e. The van der Waals surface area contributed by atoms with Crippen molar-refractivity contribution in [3.05, 3.63) is 229 Å². The van der Waals surface area contributed by atoms with Gasteiger partial charge in [0.05, 0.1) is 61.8 Å². The highest BCUT2D eigenvalue weighted by atomic mass is 19.4. The van der Waals surface area contributed by atoms with E-state index in [-0.39, 0.29) is 5.56 Å². The number of aryl methyl sites for hydroxylation is 1. The second-order valence-corrected chi connectivity index (χ2v) is 17.2. The van der Waals surface area contributed by atoms with Gasteiger partial charge in [-0.3, -0.25) is 0 Å². The van der Waals surface area contributed by atoms with E-state index in [0.717, 1.165) is 94.7 Å². The lowest BCUT2D eigenvalue weighted by Crippen LogP contribution is -2.10. The van der Waals surface area contributed by atoms with E-state index in [9.17, 15) is 5.26 Å². The normalized spacial score (nSPS) is 11.8. The van der Waals surface area contributed by atoms with E-state index in [1.165, 1.54) is 6.07 Å². The molecular formula is C61H38F3N5. The van der Waals surface area contributed by atoms with Gasteiger partial charge in [0.15, 0.2) is 0 Å². The maximum absolute atomic E-state index is 15.2. The summed E-state index contributed by atoms with van der Waals surface area (Å²) in [7, 11) is 0. The van der Waals surface area contributed by atoms with E-state index < -0.39 is 11.7 Å². The van der Waals surface area contributed by atoms with E-state index in [1.54, 1.807) is 25.1 Å². The molecule has 0 unspecified atom stereocenters. The molecule has 0 spiro atoms. The third-order valence-corrected chi connectivity index (χ3v) is 13.1. The number of para-hydroxylation sites is 2. The van der Waals surface area contributed by atoms with Gasteiger partial charge in [-0.05, 0) is 102 Å². The van der Waals surface area contributed by atoms with Crippen molar-refractivity contribution >= 4 is 43.6 Å². The van der Waals surface area contributed by atoms with Crippen molar-refractivity contribution in [1.29, 1.82) is 5.26 Å². The average Bonchev–Trinajstić information content (AvgIpc) is 3.90. The highest BCUT2D eigenvalue weighted by Crippen LogP contribution is 2.45. The van der Waals surface area contributed by atoms with Crippen molar-refractivity contribution in [2.75, 3.05) is 0 Å². The Balaban J connectivity index is 1.12. The molecule has 0 bridgehead atoms. The van der Waals surface area contributed by atoms with Gasteiger partial charge in [0, 0.05) is 43.8 Å². The predicted molar refractivity (Wildman–Crippen MR) is 272 cm³/mol. The zero-order chi connectivity index (χ0) is 46.8. The molecule has 0 radical (unpaired) electrons. The summed E-state index contributed by atoms with van der Waals surface area (Å²) in [5, 5.41) is 15.2. The van der Waals surface area contributed by atoms with Crippen LogP contribution in [0.15, 0.2) is 212 Å². The number of nitrogens with zero attached hydrogens (tertiary/aromatic N) is 5. The van der Waals surface area contributed by atoms with Crippen LogP contribution in [-0.4, -0.2) is 19.1 Å². The van der Waals surface area contributed by atoms with Crippen LogP contribution in [0.25, 0.3) is 111 Å². The number of pyridine rings is 2. The minimum atomic E-state index is -4.65. The lowest BCUT2D eigenvalue weighted by molar-refractivity contribution is -0.137. The Labute approximate surface area is 395 Å². The zero-order valence-corrected chi connectivity index (χ0v) is 37.1. The standard InChI is InChI=1S/C61H38F3N5/c1-38-15-12-22-49(61(62,63)64)60(38)43-35-58(68-54-27-10-8-20-44(54)46-33-41(29-31-56(46)68)52-25-13-23-50(66-52)39-16-4-2-5-17-39)48(37-65)59(36-43)69-55-28-11-9-21-45(55)47-34-42(30-32-57(47)69)53-26-14-24-51(67-53)40-18-6-3-7-19-40/h2-36H,1H3. The number of rotatable bonds is 7. The molecule has 0 aliphatic carbocycles. The molecule has 0 fully saturated rings. The molecule has 0 N–H and O–H groups in total. The summed E-state index contributed by atoms with van der Waals surface area (Å²) in [6, 6.07) is 70.6.